The highest BCUT2D eigenvalue weighted by Crippen LogP contribution is 2.34. The number of benzene rings is 1. The molecule has 1 aromatic carbocycles. The third-order valence-electron chi connectivity index (χ3n) is 3.71. The maximum Gasteiger partial charge on any atom is 0.165 e. The zero-order chi connectivity index (χ0) is 13.8. The number of rotatable bonds is 6. The Morgan fingerprint density at radius 2 is 1.89 bits per heavy atom. The van der Waals surface area contributed by atoms with Crippen LogP contribution < -0.4 is 10.5 Å². The summed E-state index contributed by atoms with van der Waals surface area (Å²) in [5, 5.41) is 0. The maximum atomic E-state index is 13.7. The second-order valence-electron chi connectivity index (χ2n) is 4.35. The van der Waals surface area contributed by atoms with Crippen molar-refractivity contribution in [1.82, 2.24) is 0 Å². The molecular formula is C14H22FNO2. The van der Waals surface area contributed by atoms with Crippen molar-refractivity contribution in [1.29, 1.82) is 0 Å². The molecule has 0 aliphatic rings. The van der Waals surface area contributed by atoms with Gasteiger partial charge < -0.3 is 15.2 Å². The minimum absolute atomic E-state index is 0.224. The SMILES string of the molecule is CCC(CC)(OC)C(N)c1ccc(OC)c(F)c1. The van der Waals surface area contributed by atoms with Crippen LogP contribution in [0.2, 0.25) is 0 Å². The van der Waals surface area contributed by atoms with Gasteiger partial charge in [-0.3, -0.25) is 0 Å². The molecule has 3 nitrogen and oxygen atoms in total. The summed E-state index contributed by atoms with van der Waals surface area (Å²) in [4.78, 5) is 0. The third-order valence-corrected chi connectivity index (χ3v) is 3.71. The van der Waals surface area contributed by atoms with Gasteiger partial charge in [-0.25, -0.2) is 4.39 Å². The van der Waals surface area contributed by atoms with E-state index in [1.54, 1.807) is 19.2 Å². The first-order valence-electron chi connectivity index (χ1n) is 6.18. The van der Waals surface area contributed by atoms with Crippen LogP contribution in [-0.2, 0) is 4.74 Å². The Balaban J connectivity index is 3.09. The normalized spacial score (nSPS) is 13.4. The van der Waals surface area contributed by atoms with Crippen molar-refractivity contribution in [3.8, 4) is 5.75 Å². The lowest BCUT2D eigenvalue weighted by atomic mass is 9.84. The van der Waals surface area contributed by atoms with Gasteiger partial charge in [0, 0.05) is 7.11 Å². The molecule has 0 radical (unpaired) electrons. The highest BCUT2D eigenvalue weighted by Gasteiger charge is 2.34. The van der Waals surface area contributed by atoms with Crippen LogP contribution in [0.4, 0.5) is 4.39 Å². The van der Waals surface area contributed by atoms with E-state index in [0.29, 0.717) is 0 Å². The Bertz CT molecular complexity index is 383. The largest absolute Gasteiger partial charge is 0.494 e. The van der Waals surface area contributed by atoms with E-state index >= 15 is 0 Å². The minimum atomic E-state index is -0.457. The van der Waals surface area contributed by atoms with Gasteiger partial charge >= 0.3 is 0 Å². The summed E-state index contributed by atoms with van der Waals surface area (Å²) in [5.74, 6) is -0.176. The quantitative estimate of drug-likeness (QED) is 0.849. The van der Waals surface area contributed by atoms with Gasteiger partial charge in [0.25, 0.3) is 0 Å². The summed E-state index contributed by atoms with van der Waals surface area (Å²) in [5.41, 5.74) is 6.50. The average molecular weight is 255 g/mol. The fraction of sp³-hybridized carbons (Fsp3) is 0.571. The van der Waals surface area contributed by atoms with Gasteiger partial charge in [0.15, 0.2) is 11.6 Å². The van der Waals surface area contributed by atoms with Crippen LogP contribution in [-0.4, -0.2) is 19.8 Å². The first-order valence-corrected chi connectivity index (χ1v) is 6.18. The number of hydrogen-bond acceptors (Lipinski definition) is 3. The van der Waals surface area contributed by atoms with Crippen molar-refractivity contribution in [3.63, 3.8) is 0 Å². The molecular weight excluding hydrogens is 233 g/mol. The molecule has 0 saturated carbocycles. The van der Waals surface area contributed by atoms with E-state index < -0.39 is 11.4 Å². The van der Waals surface area contributed by atoms with Crippen LogP contribution in [0.3, 0.4) is 0 Å². The van der Waals surface area contributed by atoms with E-state index in [-0.39, 0.29) is 11.8 Å². The Kier molecular flexibility index (Phi) is 5.11. The van der Waals surface area contributed by atoms with Crippen LogP contribution in [0.25, 0.3) is 0 Å². The summed E-state index contributed by atoms with van der Waals surface area (Å²) < 4.78 is 24.2. The number of hydrogen-bond donors (Lipinski definition) is 1. The van der Waals surface area contributed by atoms with Crippen LogP contribution in [0.15, 0.2) is 18.2 Å². The van der Waals surface area contributed by atoms with Gasteiger partial charge in [0.1, 0.15) is 0 Å². The predicted molar refractivity (Wildman–Crippen MR) is 70.2 cm³/mol. The molecule has 18 heavy (non-hydrogen) atoms. The summed E-state index contributed by atoms with van der Waals surface area (Å²) in [6.07, 6.45) is 1.55. The van der Waals surface area contributed by atoms with Crippen LogP contribution in [0.5, 0.6) is 5.75 Å². The molecule has 2 N–H and O–H groups in total. The molecule has 0 aromatic heterocycles. The van der Waals surface area contributed by atoms with Crippen LogP contribution >= 0.6 is 0 Å². The Labute approximate surface area is 108 Å². The smallest absolute Gasteiger partial charge is 0.165 e. The van der Waals surface area contributed by atoms with Crippen LogP contribution in [0, 0.1) is 5.82 Å². The zero-order valence-electron chi connectivity index (χ0n) is 11.5. The standard InChI is InChI=1S/C14H22FNO2/c1-5-14(6-2,18-4)13(16)10-7-8-12(17-3)11(15)9-10/h7-9,13H,5-6,16H2,1-4H3. The maximum absolute atomic E-state index is 13.7. The van der Waals surface area contributed by atoms with E-state index in [9.17, 15) is 4.39 Å². The molecule has 102 valence electrons. The van der Waals surface area contributed by atoms with Crippen LogP contribution in [0.1, 0.15) is 38.3 Å². The summed E-state index contributed by atoms with van der Waals surface area (Å²) in [6.45, 7) is 4.04. The second kappa shape index (κ2) is 6.16. The lowest BCUT2D eigenvalue weighted by Crippen LogP contribution is -2.42. The van der Waals surface area contributed by atoms with Gasteiger partial charge in [-0.15, -0.1) is 0 Å². The lowest BCUT2D eigenvalue weighted by molar-refractivity contribution is -0.0386. The molecule has 1 atom stereocenters. The molecule has 0 amide bonds. The Morgan fingerprint density at radius 1 is 1.28 bits per heavy atom. The number of methoxy groups -OCH3 is 2. The molecule has 4 heteroatoms. The lowest BCUT2D eigenvalue weighted by Gasteiger charge is -2.36. The first kappa shape index (κ1) is 14.9. The van der Waals surface area contributed by atoms with E-state index in [0.717, 1.165) is 18.4 Å². The summed E-state index contributed by atoms with van der Waals surface area (Å²) >= 11 is 0. The highest BCUT2D eigenvalue weighted by molar-refractivity contribution is 5.32. The van der Waals surface area contributed by atoms with Gasteiger partial charge in [-0.1, -0.05) is 19.9 Å². The van der Waals surface area contributed by atoms with Gasteiger partial charge in [-0.2, -0.15) is 0 Å². The van der Waals surface area contributed by atoms with Crippen molar-refractivity contribution >= 4 is 0 Å². The second-order valence-corrected chi connectivity index (χ2v) is 4.35. The average Bonchev–Trinajstić information content (AvgIpc) is 2.41. The molecule has 0 fully saturated rings. The molecule has 1 aromatic rings. The number of halogens is 1. The highest BCUT2D eigenvalue weighted by atomic mass is 19.1. The first-order chi connectivity index (χ1) is 8.54. The monoisotopic (exact) mass is 255 g/mol. The topological polar surface area (TPSA) is 44.5 Å². The van der Waals surface area contributed by atoms with E-state index in [1.165, 1.54) is 13.2 Å². The van der Waals surface area contributed by atoms with Gasteiger partial charge in [0.05, 0.1) is 18.8 Å². The van der Waals surface area contributed by atoms with E-state index in [4.69, 9.17) is 15.2 Å². The molecule has 0 saturated heterocycles. The molecule has 0 bridgehead atoms. The van der Waals surface area contributed by atoms with Gasteiger partial charge in [0.2, 0.25) is 0 Å². The molecule has 1 unspecified atom stereocenters. The van der Waals surface area contributed by atoms with Gasteiger partial charge in [-0.05, 0) is 30.5 Å². The molecule has 0 aliphatic carbocycles. The zero-order valence-corrected chi connectivity index (χ0v) is 11.5. The van der Waals surface area contributed by atoms with Crippen molar-refractivity contribution in [3.05, 3.63) is 29.6 Å². The van der Waals surface area contributed by atoms with Crippen molar-refractivity contribution < 1.29 is 13.9 Å². The third kappa shape index (κ3) is 2.65. The Hall–Kier alpha value is -1.13. The van der Waals surface area contributed by atoms with Crippen molar-refractivity contribution in [2.45, 2.75) is 38.3 Å². The molecule has 0 heterocycles. The molecule has 0 aliphatic heterocycles. The molecule has 0 spiro atoms. The van der Waals surface area contributed by atoms with Crippen molar-refractivity contribution in [2.24, 2.45) is 5.73 Å². The summed E-state index contributed by atoms with van der Waals surface area (Å²) in [7, 11) is 3.09. The van der Waals surface area contributed by atoms with E-state index in [1.807, 2.05) is 13.8 Å². The number of nitrogens with two attached hydrogens (primary N) is 1. The minimum Gasteiger partial charge on any atom is -0.494 e. The summed E-state index contributed by atoms with van der Waals surface area (Å²) in [6, 6.07) is 4.43. The molecule has 1 rings (SSSR count). The Morgan fingerprint density at radius 3 is 2.28 bits per heavy atom. The fourth-order valence-electron chi connectivity index (χ4n) is 2.29. The van der Waals surface area contributed by atoms with Crippen molar-refractivity contribution in [2.75, 3.05) is 14.2 Å². The van der Waals surface area contributed by atoms with E-state index in [2.05, 4.69) is 0 Å². The number of ether oxygens (including phenoxy) is 2. The fourth-order valence-corrected chi connectivity index (χ4v) is 2.29. The predicted octanol–water partition coefficient (Wildman–Crippen LogP) is 3.04.